The minimum atomic E-state index is -0.421. The standard InChI is InChI=1S/C25H33FN2O/c1-3-25(4-2,22-10-12-23(26)13-11-22)27-24(29)21-15-18-28(19-16-21)17-14-20-8-6-5-7-9-20/h5-13,21H,3-4,14-19H2,1-2H3,(H,27,29). The molecule has 0 aromatic heterocycles. The Morgan fingerprint density at radius 3 is 2.24 bits per heavy atom. The maximum atomic E-state index is 13.4. The first kappa shape index (κ1) is 21.5. The Bertz CT molecular complexity index is 763. The highest BCUT2D eigenvalue weighted by Gasteiger charge is 2.34. The SMILES string of the molecule is CCC(CC)(NC(=O)C1CCN(CCc2ccccc2)CC1)c1ccc(F)cc1. The van der Waals surface area contributed by atoms with Gasteiger partial charge in [0.05, 0.1) is 5.54 Å². The van der Waals surface area contributed by atoms with Gasteiger partial charge in [-0.3, -0.25) is 4.79 Å². The molecule has 0 atom stereocenters. The number of piperidine rings is 1. The highest BCUT2D eigenvalue weighted by molar-refractivity contribution is 5.79. The summed E-state index contributed by atoms with van der Waals surface area (Å²) >= 11 is 0. The molecule has 29 heavy (non-hydrogen) atoms. The smallest absolute Gasteiger partial charge is 0.223 e. The van der Waals surface area contributed by atoms with E-state index >= 15 is 0 Å². The van der Waals surface area contributed by atoms with Gasteiger partial charge in [0.25, 0.3) is 0 Å². The summed E-state index contributed by atoms with van der Waals surface area (Å²) < 4.78 is 13.4. The van der Waals surface area contributed by atoms with Gasteiger partial charge < -0.3 is 10.2 Å². The van der Waals surface area contributed by atoms with E-state index in [9.17, 15) is 9.18 Å². The molecule has 0 radical (unpaired) electrons. The molecule has 1 aliphatic rings. The van der Waals surface area contributed by atoms with E-state index in [-0.39, 0.29) is 17.6 Å². The molecule has 1 amide bonds. The van der Waals surface area contributed by atoms with Gasteiger partial charge in [-0.1, -0.05) is 56.3 Å². The first-order valence-electron chi connectivity index (χ1n) is 10.9. The van der Waals surface area contributed by atoms with Crippen LogP contribution in [0, 0.1) is 11.7 Å². The normalized spacial score (nSPS) is 16.0. The first-order chi connectivity index (χ1) is 14.1. The first-order valence-corrected chi connectivity index (χ1v) is 10.9. The maximum absolute atomic E-state index is 13.4. The molecule has 0 spiro atoms. The van der Waals surface area contributed by atoms with Crippen molar-refractivity contribution in [3.63, 3.8) is 0 Å². The van der Waals surface area contributed by atoms with Crippen molar-refractivity contribution < 1.29 is 9.18 Å². The van der Waals surface area contributed by atoms with Crippen LogP contribution in [0.25, 0.3) is 0 Å². The summed E-state index contributed by atoms with van der Waals surface area (Å²) in [6.07, 6.45) is 4.42. The molecule has 0 unspecified atom stereocenters. The van der Waals surface area contributed by atoms with Gasteiger partial charge in [-0.15, -0.1) is 0 Å². The molecule has 156 valence electrons. The fourth-order valence-corrected chi connectivity index (χ4v) is 4.36. The van der Waals surface area contributed by atoms with E-state index in [1.807, 2.05) is 6.07 Å². The van der Waals surface area contributed by atoms with Crippen LogP contribution in [0.15, 0.2) is 54.6 Å². The van der Waals surface area contributed by atoms with Crippen molar-refractivity contribution in [2.75, 3.05) is 19.6 Å². The van der Waals surface area contributed by atoms with Gasteiger partial charge in [-0.2, -0.15) is 0 Å². The van der Waals surface area contributed by atoms with Crippen LogP contribution in [0.2, 0.25) is 0 Å². The Morgan fingerprint density at radius 1 is 1.03 bits per heavy atom. The number of hydrogen-bond acceptors (Lipinski definition) is 2. The fraction of sp³-hybridized carbons (Fsp3) is 0.480. The molecule has 1 N–H and O–H groups in total. The van der Waals surface area contributed by atoms with Gasteiger partial charge in [0, 0.05) is 12.5 Å². The van der Waals surface area contributed by atoms with Crippen LogP contribution in [-0.4, -0.2) is 30.4 Å². The molecule has 1 aliphatic heterocycles. The zero-order chi connectivity index (χ0) is 20.7. The molecule has 2 aromatic rings. The summed E-state index contributed by atoms with van der Waals surface area (Å²) in [5.41, 5.74) is 1.93. The third-order valence-corrected chi connectivity index (χ3v) is 6.48. The molecule has 1 saturated heterocycles. The van der Waals surface area contributed by atoms with Crippen molar-refractivity contribution in [1.82, 2.24) is 10.2 Å². The predicted molar refractivity (Wildman–Crippen MR) is 116 cm³/mol. The lowest BCUT2D eigenvalue weighted by Gasteiger charge is -2.37. The second-order valence-corrected chi connectivity index (χ2v) is 8.14. The van der Waals surface area contributed by atoms with Crippen LogP contribution < -0.4 is 5.32 Å². The average molecular weight is 397 g/mol. The molecule has 4 heteroatoms. The highest BCUT2D eigenvalue weighted by Crippen LogP contribution is 2.30. The average Bonchev–Trinajstić information content (AvgIpc) is 2.77. The molecule has 0 saturated carbocycles. The molecule has 0 aliphatic carbocycles. The van der Waals surface area contributed by atoms with Crippen LogP contribution in [0.1, 0.15) is 50.7 Å². The largest absolute Gasteiger partial charge is 0.346 e. The highest BCUT2D eigenvalue weighted by atomic mass is 19.1. The van der Waals surface area contributed by atoms with E-state index in [0.29, 0.717) is 0 Å². The second-order valence-electron chi connectivity index (χ2n) is 8.14. The minimum Gasteiger partial charge on any atom is -0.346 e. The number of benzene rings is 2. The summed E-state index contributed by atoms with van der Waals surface area (Å²) in [4.78, 5) is 15.5. The maximum Gasteiger partial charge on any atom is 0.223 e. The van der Waals surface area contributed by atoms with Crippen molar-refractivity contribution in [3.05, 3.63) is 71.5 Å². The number of rotatable bonds is 8. The Morgan fingerprint density at radius 2 is 1.66 bits per heavy atom. The van der Waals surface area contributed by atoms with Crippen molar-refractivity contribution in [1.29, 1.82) is 0 Å². The monoisotopic (exact) mass is 396 g/mol. The molecular weight excluding hydrogens is 363 g/mol. The zero-order valence-electron chi connectivity index (χ0n) is 17.7. The lowest BCUT2D eigenvalue weighted by molar-refractivity contribution is -0.128. The number of hydrogen-bond donors (Lipinski definition) is 1. The number of carbonyl (C=O) groups is 1. The van der Waals surface area contributed by atoms with E-state index in [1.54, 1.807) is 12.1 Å². The van der Waals surface area contributed by atoms with Gasteiger partial charge >= 0.3 is 0 Å². The molecular formula is C25H33FN2O. The Balaban J connectivity index is 1.54. The van der Waals surface area contributed by atoms with Crippen LogP contribution in [0.5, 0.6) is 0 Å². The lowest BCUT2D eigenvalue weighted by Crippen LogP contribution is -2.49. The third kappa shape index (κ3) is 5.45. The van der Waals surface area contributed by atoms with Crippen LogP contribution >= 0.6 is 0 Å². The predicted octanol–water partition coefficient (Wildman–Crippen LogP) is 4.91. The summed E-state index contributed by atoms with van der Waals surface area (Å²) in [6, 6.07) is 17.1. The molecule has 2 aromatic carbocycles. The van der Waals surface area contributed by atoms with Gasteiger partial charge in [0.1, 0.15) is 5.82 Å². The van der Waals surface area contributed by atoms with Gasteiger partial charge in [0.15, 0.2) is 0 Å². The van der Waals surface area contributed by atoms with Crippen molar-refractivity contribution in [2.24, 2.45) is 5.92 Å². The Hall–Kier alpha value is -2.20. The quantitative estimate of drug-likeness (QED) is 0.687. The lowest BCUT2D eigenvalue weighted by atomic mass is 9.83. The Kier molecular flexibility index (Phi) is 7.43. The van der Waals surface area contributed by atoms with Gasteiger partial charge in [-0.25, -0.2) is 4.39 Å². The third-order valence-electron chi connectivity index (χ3n) is 6.48. The van der Waals surface area contributed by atoms with Crippen molar-refractivity contribution in [3.8, 4) is 0 Å². The van der Waals surface area contributed by atoms with Crippen molar-refractivity contribution in [2.45, 2.75) is 51.5 Å². The summed E-state index contributed by atoms with van der Waals surface area (Å²) in [5.74, 6) is -0.0503. The second kappa shape index (κ2) is 10.0. The number of halogens is 1. The van der Waals surface area contributed by atoms with E-state index in [4.69, 9.17) is 0 Å². The molecule has 3 nitrogen and oxygen atoms in total. The van der Waals surface area contributed by atoms with E-state index in [2.05, 4.69) is 48.3 Å². The number of nitrogens with one attached hydrogen (secondary N) is 1. The number of carbonyl (C=O) groups excluding carboxylic acids is 1. The minimum absolute atomic E-state index is 0.0564. The van der Waals surface area contributed by atoms with E-state index < -0.39 is 5.54 Å². The van der Waals surface area contributed by atoms with Crippen LogP contribution in [-0.2, 0) is 16.8 Å². The summed E-state index contributed by atoms with van der Waals surface area (Å²) in [6.45, 7) is 7.14. The van der Waals surface area contributed by atoms with Crippen molar-refractivity contribution >= 4 is 5.91 Å². The molecule has 3 rings (SSSR count). The fourth-order valence-electron chi connectivity index (χ4n) is 4.36. The summed E-state index contributed by atoms with van der Waals surface area (Å²) in [5, 5.41) is 3.33. The van der Waals surface area contributed by atoms with Gasteiger partial charge in [0.2, 0.25) is 5.91 Å². The van der Waals surface area contributed by atoms with Gasteiger partial charge in [-0.05, 0) is 68.5 Å². The topological polar surface area (TPSA) is 32.3 Å². The van der Waals surface area contributed by atoms with Crippen LogP contribution in [0.4, 0.5) is 4.39 Å². The Labute approximate surface area is 174 Å². The molecule has 0 bridgehead atoms. The van der Waals surface area contributed by atoms with Crippen LogP contribution in [0.3, 0.4) is 0 Å². The molecule has 1 heterocycles. The number of likely N-dealkylation sites (tertiary alicyclic amines) is 1. The zero-order valence-corrected chi connectivity index (χ0v) is 17.7. The molecule has 1 fully saturated rings. The summed E-state index contributed by atoms with van der Waals surface area (Å²) in [7, 11) is 0. The number of amides is 1. The van der Waals surface area contributed by atoms with E-state index in [1.165, 1.54) is 17.7 Å². The van der Waals surface area contributed by atoms with E-state index in [0.717, 1.165) is 57.3 Å². The number of nitrogens with zero attached hydrogens (tertiary/aromatic N) is 1.